The van der Waals surface area contributed by atoms with E-state index in [-0.39, 0.29) is 12.5 Å². The van der Waals surface area contributed by atoms with E-state index in [2.05, 4.69) is 9.97 Å². The van der Waals surface area contributed by atoms with Gasteiger partial charge >= 0.3 is 5.97 Å². The van der Waals surface area contributed by atoms with Crippen LogP contribution in [0.15, 0.2) is 36.7 Å². The van der Waals surface area contributed by atoms with Crippen molar-refractivity contribution in [3.63, 3.8) is 0 Å². The van der Waals surface area contributed by atoms with Crippen LogP contribution in [0, 0.1) is 0 Å². The number of aromatic nitrogens is 2. The van der Waals surface area contributed by atoms with Gasteiger partial charge in [0.15, 0.2) is 18.1 Å². The number of amides is 1. The third kappa shape index (κ3) is 3.98. The zero-order chi connectivity index (χ0) is 19.3. The van der Waals surface area contributed by atoms with Crippen LogP contribution in [0.25, 0.3) is 0 Å². The Labute approximate surface area is 161 Å². The average molecular weight is 384 g/mol. The van der Waals surface area contributed by atoms with Gasteiger partial charge in [-0.2, -0.15) is 0 Å². The Morgan fingerprint density at radius 3 is 2.46 bits per heavy atom. The fourth-order valence-electron chi connectivity index (χ4n) is 3.08. The number of nitrogens with zero attached hydrogens (tertiary/aromatic N) is 4. The van der Waals surface area contributed by atoms with E-state index in [4.69, 9.17) is 14.2 Å². The summed E-state index contributed by atoms with van der Waals surface area (Å²) in [7, 11) is 0. The van der Waals surface area contributed by atoms with Gasteiger partial charge in [-0.3, -0.25) is 4.79 Å². The molecule has 1 fully saturated rings. The fourth-order valence-corrected chi connectivity index (χ4v) is 3.08. The predicted molar refractivity (Wildman–Crippen MR) is 98.5 cm³/mol. The highest BCUT2D eigenvalue weighted by Crippen LogP contribution is 2.30. The van der Waals surface area contributed by atoms with Crippen LogP contribution in [0.3, 0.4) is 0 Å². The van der Waals surface area contributed by atoms with Crippen molar-refractivity contribution in [2.75, 3.05) is 50.9 Å². The van der Waals surface area contributed by atoms with Gasteiger partial charge in [-0.15, -0.1) is 0 Å². The molecule has 0 saturated carbocycles. The van der Waals surface area contributed by atoms with Crippen LogP contribution < -0.4 is 14.4 Å². The molecule has 2 aromatic rings. The lowest BCUT2D eigenvalue weighted by Gasteiger charge is -2.34. The smallest absolute Gasteiger partial charge is 0.338 e. The molecule has 0 N–H and O–H groups in total. The molecule has 1 amide bonds. The SMILES string of the molecule is O=C(OCC(=O)N1CCN(c2ncccn2)CC1)c1ccc2c(c1)OCCO2. The number of ether oxygens (including phenoxy) is 3. The van der Waals surface area contributed by atoms with Gasteiger partial charge in [0.2, 0.25) is 5.95 Å². The molecule has 9 heteroatoms. The first kappa shape index (κ1) is 18.0. The van der Waals surface area contributed by atoms with Crippen LogP contribution >= 0.6 is 0 Å². The van der Waals surface area contributed by atoms with Crippen molar-refractivity contribution in [1.29, 1.82) is 0 Å². The van der Waals surface area contributed by atoms with Crippen LogP contribution in [0.2, 0.25) is 0 Å². The average Bonchev–Trinajstić information content (AvgIpc) is 2.77. The number of piperazine rings is 1. The molecule has 9 nitrogen and oxygen atoms in total. The molecular weight excluding hydrogens is 364 g/mol. The van der Waals surface area contributed by atoms with Crippen LogP contribution in [0.5, 0.6) is 11.5 Å². The predicted octanol–water partition coefficient (Wildman–Crippen LogP) is 0.753. The molecule has 1 saturated heterocycles. The van der Waals surface area contributed by atoms with Crippen molar-refractivity contribution < 1.29 is 23.8 Å². The third-order valence-corrected chi connectivity index (χ3v) is 4.57. The third-order valence-electron chi connectivity index (χ3n) is 4.57. The highest BCUT2D eigenvalue weighted by molar-refractivity contribution is 5.92. The summed E-state index contributed by atoms with van der Waals surface area (Å²) in [5.41, 5.74) is 0.322. The van der Waals surface area contributed by atoms with E-state index >= 15 is 0 Å². The van der Waals surface area contributed by atoms with Gasteiger partial charge in [0.25, 0.3) is 5.91 Å². The van der Waals surface area contributed by atoms with Crippen molar-refractivity contribution in [3.05, 3.63) is 42.2 Å². The second-order valence-corrected chi connectivity index (χ2v) is 6.35. The largest absolute Gasteiger partial charge is 0.486 e. The summed E-state index contributed by atoms with van der Waals surface area (Å²) in [6.07, 6.45) is 3.38. The number of hydrogen-bond acceptors (Lipinski definition) is 8. The van der Waals surface area contributed by atoms with Crippen LogP contribution in [0.1, 0.15) is 10.4 Å². The zero-order valence-corrected chi connectivity index (χ0v) is 15.2. The molecule has 28 heavy (non-hydrogen) atoms. The molecule has 146 valence electrons. The minimum atomic E-state index is -0.568. The Balaban J connectivity index is 1.27. The van der Waals surface area contributed by atoms with E-state index < -0.39 is 5.97 Å². The minimum absolute atomic E-state index is 0.223. The lowest BCUT2D eigenvalue weighted by molar-refractivity contribution is -0.134. The number of esters is 1. The van der Waals surface area contributed by atoms with E-state index in [1.54, 1.807) is 41.6 Å². The Morgan fingerprint density at radius 2 is 1.71 bits per heavy atom. The molecule has 2 aliphatic heterocycles. The van der Waals surface area contributed by atoms with Crippen molar-refractivity contribution in [2.24, 2.45) is 0 Å². The second kappa shape index (κ2) is 8.12. The number of carbonyl (C=O) groups excluding carboxylic acids is 2. The first-order chi connectivity index (χ1) is 13.7. The monoisotopic (exact) mass is 384 g/mol. The zero-order valence-electron chi connectivity index (χ0n) is 15.2. The molecule has 0 radical (unpaired) electrons. The van der Waals surface area contributed by atoms with Gasteiger partial charge in [-0.1, -0.05) is 0 Å². The molecule has 0 bridgehead atoms. The Bertz CT molecular complexity index is 853. The van der Waals surface area contributed by atoms with Gasteiger partial charge in [0, 0.05) is 38.6 Å². The molecule has 0 spiro atoms. The standard InChI is InChI=1S/C19H20N4O5/c24-17(22-6-8-23(9-7-22)19-20-4-1-5-21-19)13-28-18(25)14-2-3-15-16(12-14)27-11-10-26-15/h1-5,12H,6-11,13H2. The summed E-state index contributed by atoms with van der Waals surface area (Å²) in [6.45, 7) is 2.93. The van der Waals surface area contributed by atoms with Gasteiger partial charge in [-0.25, -0.2) is 14.8 Å². The number of fused-ring (bicyclic) bond motifs is 1. The van der Waals surface area contributed by atoms with E-state index in [0.717, 1.165) is 0 Å². The summed E-state index contributed by atoms with van der Waals surface area (Å²) in [4.78, 5) is 36.7. The highest BCUT2D eigenvalue weighted by atomic mass is 16.6. The van der Waals surface area contributed by atoms with E-state index in [9.17, 15) is 9.59 Å². The Morgan fingerprint density at radius 1 is 1.00 bits per heavy atom. The van der Waals surface area contributed by atoms with Crippen LogP contribution in [-0.2, 0) is 9.53 Å². The molecule has 1 aromatic heterocycles. The molecule has 0 aliphatic carbocycles. The highest BCUT2D eigenvalue weighted by Gasteiger charge is 2.24. The maximum atomic E-state index is 12.4. The maximum absolute atomic E-state index is 12.4. The van der Waals surface area contributed by atoms with Gasteiger partial charge in [-0.05, 0) is 24.3 Å². The molecular formula is C19H20N4O5. The van der Waals surface area contributed by atoms with Crippen LogP contribution in [0.4, 0.5) is 5.95 Å². The minimum Gasteiger partial charge on any atom is -0.486 e. The first-order valence-corrected chi connectivity index (χ1v) is 9.07. The molecule has 2 aliphatic rings. The Hall–Kier alpha value is -3.36. The molecule has 1 aromatic carbocycles. The summed E-state index contributed by atoms with van der Waals surface area (Å²) in [5, 5.41) is 0. The molecule has 4 rings (SSSR count). The van der Waals surface area contributed by atoms with E-state index in [0.29, 0.717) is 62.4 Å². The van der Waals surface area contributed by atoms with Gasteiger partial charge < -0.3 is 24.0 Å². The lowest BCUT2D eigenvalue weighted by Crippen LogP contribution is -2.50. The first-order valence-electron chi connectivity index (χ1n) is 9.07. The number of anilines is 1. The van der Waals surface area contributed by atoms with Crippen molar-refractivity contribution in [2.45, 2.75) is 0 Å². The summed E-state index contributed by atoms with van der Waals surface area (Å²) in [6, 6.07) is 6.59. The summed E-state index contributed by atoms with van der Waals surface area (Å²) in [5.74, 6) is 0.964. The quantitative estimate of drug-likeness (QED) is 0.713. The van der Waals surface area contributed by atoms with E-state index in [1.165, 1.54) is 0 Å². The lowest BCUT2D eigenvalue weighted by atomic mass is 10.2. The molecule has 3 heterocycles. The summed E-state index contributed by atoms with van der Waals surface area (Å²) >= 11 is 0. The second-order valence-electron chi connectivity index (χ2n) is 6.35. The number of hydrogen-bond donors (Lipinski definition) is 0. The summed E-state index contributed by atoms with van der Waals surface area (Å²) < 4.78 is 16.1. The fraction of sp³-hybridized carbons (Fsp3) is 0.368. The maximum Gasteiger partial charge on any atom is 0.338 e. The van der Waals surface area contributed by atoms with Gasteiger partial charge in [0.1, 0.15) is 13.2 Å². The van der Waals surface area contributed by atoms with Gasteiger partial charge in [0.05, 0.1) is 5.56 Å². The van der Waals surface area contributed by atoms with Crippen LogP contribution in [-0.4, -0.2) is 72.7 Å². The van der Waals surface area contributed by atoms with E-state index in [1.807, 2.05) is 4.90 Å². The molecule has 0 atom stereocenters. The topological polar surface area (TPSA) is 94.1 Å². The van der Waals surface area contributed by atoms with Crippen molar-refractivity contribution in [3.8, 4) is 11.5 Å². The molecule has 0 unspecified atom stereocenters. The number of carbonyl (C=O) groups is 2. The normalized spacial score (nSPS) is 15.9. The number of rotatable bonds is 4. The van der Waals surface area contributed by atoms with Crippen molar-refractivity contribution in [1.82, 2.24) is 14.9 Å². The Kier molecular flexibility index (Phi) is 5.22. The number of benzene rings is 1. The van der Waals surface area contributed by atoms with Crippen molar-refractivity contribution >= 4 is 17.8 Å².